The van der Waals surface area contributed by atoms with Gasteiger partial charge >= 0.3 is 5.97 Å². The Kier molecular flexibility index (Phi) is 5.35. The summed E-state index contributed by atoms with van der Waals surface area (Å²) >= 11 is 0. The van der Waals surface area contributed by atoms with E-state index in [4.69, 9.17) is 18.4 Å². The van der Waals surface area contributed by atoms with Crippen LogP contribution in [0.2, 0.25) is 0 Å². The molecule has 0 spiro atoms. The second kappa shape index (κ2) is 7.70. The minimum atomic E-state index is -0.734. The molecule has 0 saturated carbocycles. The Morgan fingerprint density at radius 3 is 2.52 bits per heavy atom. The molecule has 0 unspecified atom stereocenters. The molecule has 0 bridgehead atoms. The van der Waals surface area contributed by atoms with Crippen molar-refractivity contribution in [3.8, 4) is 17.3 Å². The molecule has 0 fully saturated rings. The van der Waals surface area contributed by atoms with Crippen molar-refractivity contribution >= 4 is 5.97 Å². The molecule has 142 valence electrons. The van der Waals surface area contributed by atoms with Gasteiger partial charge < -0.3 is 18.4 Å². The van der Waals surface area contributed by atoms with Crippen LogP contribution in [0.1, 0.15) is 39.0 Å². The average molecular weight is 369 g/mol. The van der Waals surface area contributed by atoms with Gasteiger partial charge in [-0.15, -0.1) is 0 Å². The first-order valence-corrected chi connectivity index (χ1v) is 8.76. The Labute approximate surface area is 158 Å². The molecule has 27 heavy (non-hydrogen) atoms. The van der Waals surface area contributed by atoms with Crippen molar-refractivity contribution in [1.82, 2.24) is 5.16 Å². The van der Waals surface area contributed by atoms with Gasteiger partial charge in [-0.05, 0) is 42.2 Å². The zero-order chi connectivity index (χ0) is 19.4. The summed E-state index contributed by atoms with van der Waals surface area (Å²) in [6, 6.07) is 12.9. The van der Waals surface area contributed by atoms with Crippen LogP contribution in [-0.4, -0.2) is 17.2 Å². The van der Waals surface area contributed by atoms with Crippen molar-refractivity contribution in [2.45, 2.75) is 45.8 Å². The van der Waals surface area contributed by atoms with Crippen LogP contribution in [-0.2, 0) is 21.6 Å². The van der Waals surface area contributed by atoms with E-state index in [-0.39, 0.29) is 12.0 Å². The SMILES string of the molecule is C[C@H](Oc1ccc(C(C)(C)C)cc1)C(=O)OCc1cc(-c2ccco2)on1. The van der Waals surface area contributed by atoms with E-state index in [2.05, 4.69) is 25.9 Å². The van der Waals surface area contributed by atoms with Gasteiger partial charge in [0.1, 0.15) is 18.1 Å². The first kappa shape index (κ1) is 18.8. The molecule has 0 aliphatic heterocycles. The lowest BCUT2D eigenvalue weighted by Crippen LogP contribution is -2.26. The molecule has 0 aliphatic rings. The Morgan fingerprint density at radius 2 is 1.89 bits per heavy atom. The number of carbonyl (C=O) groups excluding carboxylic acids is 1. The molecule has 6 nitrogen and oxygen atoms in total. The maximum absolute atomic E-state index is 12.2. The summed E-state index contributed by atoms with van der Waals surface area (Å²) in [5.41, 5.74) is 1.76. The second-order valence-corrected chi connectivity index (χ2v) is 7.30. The summed E-state index contributed by atoms with van der Waals surface area (Å²) in [6.07, 6.45) is 0.812. The molecular weight excluding hydrogens is 346 g/mol. The predicted octanol–water partition coefficient (Wildman–Crippen LogP) is 4.74. The van der Waals surface area contributed by atoms with Crippen molar-refractivity contribution in [3.63, 3.8) is 0 Å². The second-order valence-electron chi connectivity index (χ2n) is 7.30. The monoisotopic (exact) mass is 369 g/mol. The number of esters is 1. The van der Waals surface area contributed by atoms with E-state index in [1.165, 1.54) is 5.56 Å². The minimum Gasteiger partial charge on any atom is -0.479 e. The van der Waals surface area contributed by atoms with E-state index in [0.29, 0.717) is 23.0 Å². The lowest BCUT2D eigenvalue weighted by atomic mass is 9.87. The number of nitrogens with zero attached hydrogens (tertiary/aromatic N) is 1. The molecular formula is C21H23NO5. The van der Waals surface area contributed by atoms with Gasteiger partial charge in [-0.3, -0.25) is 0 Å². The Balaban J connectivity index is 1.52. The van der Waals surface area contributed by atoms with Gasteiger partial charge in [-0.25, -0.2) is 4.79 Å². The van der Waals surface area contributed by atoms with Crippen molar-refractivity contribution in [1.29, 1.82) is 0 Å². The zero-order valence-corrected chi connectivity index (χ0v) is 15.9. The fraction of sp³-hybridized carbons (Fsp3) is 0.333. The van der Waals surface area contributed by atoms with E-state index in [9.17, 15) is 4.79 Å². The van der Waals surface area contributed by atoms with Crippen molar-refractivity contribution in [3.05, 3.63) is 60.0 Å². The van der Waals surface area contributed by atoms with E-state index in [1.54, 1.807) is 31.4 Å². The van der Waals surface area contributed by atoms with Crippen LogP contribution in [0.4, 0.5) is 0 Å². The van der Waals surface area contributed by atoms with E-state index < -0.39 is 12.1 Å². The molecule has 1 aromatic carbocycles. The average Bonchev–Trinajstić information content (AvgIpc) is 3.30. The summed E-state index contributed by atoms with van der Waals surface area (Å²) < 4.78 is 21.3. The maximum Gasteiger partial charge on any atom is 0.347 e. The fourth-order valence-electron chi connectivity index (χ4n) is 2.46. The van der Waals surface area contributed by atoms with Crippen LogP contribution in [0, 0.1) is 0 Å². The molecule has 0 saturated heterocycles. The van der Waals surface area contributed by atoms with E-state index >= 15 is 0 Å². The number of hydrogen-bond donors (Lipinski definition) is 0. The smallest absolute Gasteiger partial charge is 0.347 e. The van der Waals surface area contributed by atoms with Crippen LogP contribution in [0.25, 0.3) is 11.5 Å². The Bertz CT molecular complexity index is 872. The molecule has 0 radical (unpaired) electrons. The van der Waals surface area contributed by atoms with Gasteiger partial charge in [0, 0.05) is 6.07 Å². The standard InChI is InChI=1S/C21H23NO5/c1-14(26-17-9-7-15(8-10-17)21(2,3)4)20(23)25-13-16-12-19(27-22-16)18-6-5-11-24-18/h5-12,14H,13H2,1-4H3/t14-/m0/s1. The third-order valence-corrected chi connectivity index (χ3v) is 4.05. The number of benzene rings is 1. The summed E-state index contributed by atoms with van der Waals surface area (Å²) in [4.78, 5) is 12.2. The van der Waals surface area contributed by atoms with Crippen LogP contribution in [0.5, 0.6) is 5.75 Å². The largest absolute Gasteiger partial charge is 0.479 e. The van der Waals surface area contributed by atoms with Crippen molar-refractivity contribution in [2.24, 2.45) is 0 Å². The van der Waals surface area contributed by atoms with Crippen LogP contribution in [0.3, 0.4) is 0 Å². The number of rotatable bonds is 6. The molecule has 0 aliphatic carbocycles. The van der Waals surface area contributed by atoms with Gasteiger partial charge in [0.05, 0.1) is 6.26 Å². The van der Waals surface area contributed by atoms with Gasteiger partial charge in [0.15, 0.2) is 11.9 Å². The minimum absolute atomic E-state index is 0.000294. The molecule has 1 atom stereocenters. The normalized spacial score (nSPS) is 12.6. The van der Waals surface area contributed by atoms with Crippen molar-refractivity contribution in [2.75, 3.05) is 0 Å². The van der Waals surface area contributed by atoms with Crippen LogP contribution >= 0.6 is 0 Å². The molecule has 3 aromatic rings. The quantitative estimate of drug-likeness (QED) is 0.584. The first-order valence-electron chi connectivity index (χ1n) is 8.76. The van der Waals surface area contributed by atoms with Gasteiger partial charge in [0.2, 0.25) is 5.76 Å². The Hall–Kier alpha value is -3.02. The third-order valence-electron chi connectivity index (χ3n) is 4.05. The molecule has 0 amide bonds. The molecule has 2 heterocycles. The maximum atomic E-state index is 12.2. The molecule has 2 aromatic heterocycles. The lowest BCUT2D eigenvalue weighted by Gasteiger charge is -2.20. The molecule has 6 heteroatoms. The van der Waals surface area contributed by atoms with Crippen LogP contribution in [0.15, 0.2) is 57.7 Å². The van der Waals surface area contributed by atoms with Gasteiger partial charge in [-0.1, -0.05) is 38.1 Å². The third kappa shape index (κ3) is 4.78. The molecule has 3 rings (SSSR count). The predicted molar refractivity (Wildman–Crippen MR) is 99.2 cm³/mol. The summed E-state index contributed by atoms with van der Waals surface area (Å²) in [5.74, 6) is 1.19. The van der Waals surface area contributed by atoms with Gasteiger partial charge in [0.25, 0.3) is 0 Å². The number of ether oxygens (including phenoxy) is 2. The van der Waals surface area contributed by atoms with Crippen LogP contribution < -0.4 is 4.74 Å². The van der Waals surface area contributed by atoms with E-state index in [1.807, 2.05) is 24.3 Å². The highest BCUT2D eigenvalue weighted by Gasteiger charge is 2.19. The first-order chi connectivity index (χ1) is 12.8. The Morgan fingerprint density at radius 1 is 1.15 bits per heavy atom. The van der Waals surface area contributed by atoms with Crippen molar-refractivity contribution < 1.29 is 23.2 Å². The highest BCUT2D eigenvalue weighted by Crippen LogP contribution is 2.25. The zero-order valence-electron chi connectivity index (χ0n) is 15.9. The summed E-state index contributed by atoms with van der Waals surface area (Å²) in [5, 5.41) is 3.87. The number of aromatic nitrogens is 1. The number of hydrogen-bond acceptors (Lipinski definition) is 6. The summed E-state index contributed by atoms with van der Waals surface area (Å²) in [7, 11) is 0. The highest BCUT2D eigenvalue weighted by molar-refractivity contribution is 5.74. The van der Waals surface area contributed by atoms with E-state index in [0.717, 1.165) is 0 Å². The highest BCUT2D eigenvalue weighted by atomic mass is 16.6. The molecule has 0 N–H and O–H groups in total. The fourth-order valence-corrected chi connectivity index (χ4v) is 2.46. The number of furan rings is 1. The number of carbonyl (C=O) groups is 1. The lowest BCUT2D eigenvalue weighted by molar-refractivity contribution is -0.152. The topological polar surface area (TPSA) is 74.7 Å². The van der Waals surface area contributed by atoms with Gasteiger partial charge in [-0.2, -0.15) is 0 Å². The summed E-state index contributed by atoms with van der Waals surface area (Å²) in [6.45, 7) is 8.08.